The summed E-state index contributed by atoms with van der Waals surface area (Å²) in [7, 11) is 1.99. The van der Waals surface area contributed by atoms with Crippen LogP contribution in [0.1, 0.15) is 29.8 Å². The molecule has 2 aromatic heterocycles. The lowest BCUT2D eigenvalue weighted by Gasteiger charge is -2.31. The van der Waals surface area contributed by atoms with Gasteiger partial charge in [0.1, 0.15) is 0 Å². The normalized spacial score (nSPS) is 16.1. The molecule has 6 heteroatoms. The van der Waals surface area contributed by atoms with Crippen molar-refractivity contribution in [3.8, 4) is 10.6 Å². The summed E-state index contributed by atoms with van der Waals surface area (Å²) in [6.45, 7) is 2.74. The van der Waals surface area contributed by atoms with Gasteiger partial charge in [-0.05, 0) is 56.3 Å². The number of hydrogen-bond donors (Lipinski definition) is 2. The highest BCUT2D eigenvalue weighted by atomic mass is 32.1. The van der Waals surface area contributed by atoms with Gasteiger partial charge in [0.05, 0.1) is 10.6 Å². The Morgan fingerprint density at radius 1 is 1.50 bits per heavy atom. The summed E-state index contributed by atoms with van der Waals surface area (Å²) < 4.78 is 0. The summed E-state index contributed by atoms with van der Waals surface area (Å²) in [4.78, 5) is 15.6. The number of nitrogens with one attached hydrogen (secondary N) is 2. The van der Waals surface area contributed by atoms with E-state index in [0.717, 1.165) is 49.0 Å². The standard InChI is InChI=1S/C16H22N4OS/c1-17-7-4-12-5-8-20(9-6-12)16(21)14-11-13(18-19-14)15-3-2-10-22-15/h2-3,10-12,17H,4-9H2,1H3,(H,18,19). The zero-order valence-electron chi connectivity index (χ0n) is 12.8. The number of hydrogen-bond acceptors (Lipinski definition) is 4. The lowest BCUT2D eigenvalue weighted by atomic mass is 9.93. The molecule has 3 rings (SSSR count). The molecule has 0 radical (unpaired) electrons. The van der Waals surface area contributed by atoms with Gasteiger partial charge in [0.15, 0.2) is 5.69 Å². The van der Waals surface area contributed by atoms with Crippen molar-refractivity contribution in [2.24, 2.45) is 5.92 Å². The van der Waals surface area contributed by atoms with Gasteiger partial charge in [0.25, 0.3) is 5.91 Å². The Balaban J connectivity index is 1.58. The Labute approximate surface area is 134 Å². The van der Waals surface area contributed by atoms with E-state index in [2.05, 4.69) is 15.5 Å². The molecule has 1 amide bonds. The largest absolute Gasteiger partial charge is 0.337 e. The van der Waals surface area contributed by atoms with Crippen molar-refractivity contribution in [2.75, 3.05) is 26.7 Å². The summed E-state index contributed by atoms with van der Waals surface area (Å²) in [5.74, 6) is 0.781. The van der Waals surface area contributed by atoms with Gasteiger partial charge in [-0.1, -0.05) is 6.07 Å². The molecule has 1 aliphatic heterocycles. The van der Waals surface area contributed by atoms with Gasteiger partial charge >= 0.3 is 0 Å². The van der Waals surface area contributed by atoms with Crippen molar-refractivity contribution in [1.82, 2.24) is 20.4 Å². The van der Waals surface area contributed by atoms with Gasteiger partial charge in [0.2, 0.25) is 0 Å². The first-order valence-corrected chi connectivity index (χ1v) is 8.69. The highest BCUT2D eigenvalue weighted by Gasteiger charge is 2.25. The summed E-state index contributed by atoms with van der Waals surface area (Å²) in [5, 5.41) is 12.4. The number of likely N-dealkylation sites (tertiary alicyclic amines) is 1. The van der Waals surface area contributed by atoms with Crippen molar-refractivity contribution < 1.29 is 4.79 Å². The molecule has 0 aromatic carbocycles. The second-order valence-corrected chi connectivity index (χ2v) is 6.72. The fourth-order valence-corrected chi connectivity index (χ4v) is 3.62. The minimum absolute atomic E-state index is 0.0473. The number of carbonyl (C=O) groups excluding carboxylic acids is 1. The van der Waals surface area contributed by atoms with E-state index in [-0.39, 0.29) is 5.91 Å². The molecule has 0 spiro atoms. The second-order valence-electron chi connectivity index (χ2n) is 5.77. The number of carbonyl (C=O) groups is 1. The van der Waals surface area contributed by atoms with Crippen molar-refractivity contribution in [2.45, 2.75) is 19.3 Å². The molecule has 2 aromatic rings. The summed E-state index contributed by atoms with van der Waals surface area (Å²) in [6.07, 6.45) is 3.38. The number of nitrogens with zero attached hydrogens (tertiary/aromatic N) is 2. The molecule has 22 heavy (non-hydrogen) atoms. The van der Waals surface area contributed by atoms with Gasteiger partial charge < -0.3 is 10.2 Å². The van der Waals surface area contributed by atoms with Crippen molar-refractivity contribution in [3.63, 3.8) is 0 Å². The highest BCUT2D eigenvalue weighted by molar-refractivity contribution is 7.13. The third kappa shape index (κ3) is 3.39. The first kappa shape index (κ1) is 15.2. The fourth-order valence-electron chi connectivity index (χ4n) is 2.92. The Morgan fingerprint density at radius 3 is 3.00 bits per heavy atom. The SMILES string of the molecule is CNCCC1CCN(C(=O)c2cc(-c3cccs3)[nH]n2)CC1. The maximum absolute atomic E-state index is 12.5. The Morgan fingerprint density at radius 2 is 2.32 bits per heavy atom. The molecule has 0 saturated carbocycles. The van der Waals surface area contributed by atoms with Gasteiger partial charge in [0, 0.05) is 13.1 Å². The Hall–Kier alpha value is -1.66. The first-order chi connectivity index (χ1) is 10.8. The lowest BCUT2D eigenvalue weighted by molar-refractivity contribution is 0.0681. The molecule has 3 heterocycles. The lowest BCUT2D eigenvalue weighted by Crippen LogP contribution is -2.39. The highest BCUT2D eigenvalue weighted by Crippen LogP contribution is 2.25. The predicted octanol–water partition coefficient (Wildman–Crippen LogP) is 2.60. The quantitative estimate of drug-likeness (QED) is 0.891. The number of rotatable bonds is 5. The van der Waals surface area contributed by atoms with Crippen LogP contribution in [0.4, 0.5) is 0 Å². The fraction of sp³-hybridized carbons (Fsp3) is 0.500. The predicted molar refractivity (Wildman–Crippen MR) is 89.1 cm³/mol. The monoisotopic (exact) mass is 318 g/mol. The Kier molecular flexibility index (Phi) is 4.90. The molecule has 1 saturated heterocycles. The van der Waals surface area contributed by atoms with Crippen molar-refractivity contribution >= 4 is 17.2 Å². The number of aromatic nitrogens is 2. The summed E-state index contributed by atoms with van der Waals surface area (Å²) in [5.41, 5.74) is 1.44. The third-order valence-electron chi connectivity index (χ3n) is 4.29. The molecule has 118 valence electrons. The molecule has 1 aliphatic rings. The van der Waals surface area contributed by atoms with Crippen LogP contribution in [0.5, 0.6) is 0 Å². The van der Waals surface area contributed by atoms with E-state index < -0.39 is 0 Å². The number of aromatic amines is 1. The summed E-state index contributed by atoms with van der Waals surface area (Å²) >= 11 is 1.64. The summed E-state index contributed by atoms with van der Waals surface area (Å²) in [6, 6.07) is 5.89. The van der Waals surface area contributed by atoms with E-state index >= 15 is 0 Å². The van der Waals surface area contributed by atoms with E-state index in [1.54, 1.807) is 11.3 Å². The number of piperidine rings is 1. The molecule has 1 fully saturated rings. The molecular formula is C16H22N4OS. The van der Waals surface area contributed by atoms with Crippen LogP contribution in [0.2, 0.25) is 0 Å². The van der Waals surface area contributed by atoms with Crippen LogP contribution >= 0.6 is 11.3 Å². The van der Waals surface area contributed by atoms with Crippen LogP contribution in [0.25, 0.3) is 10.6 Å². The molecular weight excluding hydrogens is 296 g/mol. The Bertz CT molecular complexity index is 599. The second kappa shape index (κ2) is 7.07. The molecule has 2 N–H and O–H groups in total. The third-order valence-corrected chi connectivity index (χ3v) is 5.19. The maximum atomic E-state index is 12.5. The van der Waals surface area contributed by atoms with Gasteiger partial charge in [-0.3, -0.25) is 9.89 Å². The average Bonchev–Trinajstić information content (AvgIpc) is 3.23. The van der Waals surface area contributed by atoms with E-state index in [1.165, 1.54) is 6.42 Å². The molecule has 5 nitrogen and oxygen atoms in total. The molecule has 0 aliphatic carbocycles. The van der Waals surface area contributed by atoms with Crippen molar-refractivity contribution in [3.05, 3.63) is 29.3 Å². The number of thiophene rings is 1. The smallest absolute Gasteiger partial charge is 0.274 e. The molecule has 0 atom stereocenters. The number of H-pyrrole nitrogens is 1. The minimum Gasteiger partial charge on any atom is -0.337 e. The topological polar surface area (TPSA) is 61.0 Å². The maximum Gasteiger partial charge on any atom is 0.274 e. The van der Waals surface area contributed by atoms with Crippen LogP contribution in [-0.2, 0) is 0 Å². The van der Waals surface area contributed by atoms with Crippen LogP contribution in [-0.4, -0.2) is 47.7 Å². The van der Waals surface area contributed by atoms with Crippen LogP contribution in [0.15, 0.2) is 23.6 Å². The van der Waals surface area contributed by atoms with Gasteiger partial charge in [-0.2, -0.15) is 5.10 Å². The van der Waals surface area contributed by atoms with Gasteiger partial charge in [-0.25, -0.2) is 0 Å². The zero-order valence-corrected chi connectivity index (χ0v) is 13.7. The van der Waals surface area contributed by atoms with E-state index in [4.69, 9.17) is 0 Å². The molecule has 0 bridgehead atoms. The van der Waals surface area contributed by atoms with Crippen molar-refractivity contribution in [1.29, 1.82) is 0 Å². The van der Waals surface area contributed by atoms with E-state index in [1.807, 2.05) is 35.5 Å². The molecule has 0 unspecified atom stereocenters. The van der Waals surface area contributed by atoms with Crippen LogP contribution in [0, 0.1) is 5.92 Å². The van der Waals surface area contributed by atoms with E-state index in [9.17, 15) is 4.79 Å². The van der Waals surface area contributed by atoms with Gasteiger partial charge in [-0.15, -0.1) is 11.3 Å². The first-order valence-electron chi connectivity index (χ1n) is 7.81. The number of amides is 1. The average molecular weight is 318 g/mol. The minimum atomic E-state index is 0.0473. The van der Waals surface area contributed by atoms with Crippen LogP contribution < -0.4 is 5.32 Å². The van der Waals surface area contributed by atoms with E-state index in [0.29, 0.717) is 5.69 Å². The van der Waals surface area contributed by atoms with Crippen LogP contribution in [0.3, 0.4) is 0 Å². The zero-order chi connectivity index (χ0) is 15.4.